The second-order valence-electron chi connectivity index (χ2n) is 7.07. The van der Waals surface area contributed by atoms with Gasteiger partial charge >= 0.3 is 5.69 Å². The van der Waals surface area contributed by atoms with Gasteiger partial charge in [-0.25, -0.2) is 9.18 Å². The molecule has 3 aromatic carbocycles. The maximum Gasteiger partial charge on any atom is 0.349 e. The molecule has 0 spiro atoms. The molecule has 10 heteroatoms. The van der Waals surface area contributed by atoms with Crippen LogP contribution in [0.1, 0.15) is 18.1 Å². The molecular weight excluding hydrogens is 529 g/mol. The number of para-hydroxylation sites is 1. The average molecular weight is 547 g/mol. The van der Waals surface area contributed by atoms with Crippen LogP contribution < -0.4 is 20.7 Å². The van der Waals surface area contributed by atoms with Crippen LogP contribution in [0.5, 0.6) is 11.5 Å². The molecular formula is C24H18BrClFN3O4. The van der Waals surface area contributed by atoms with Crippen LogP contribution in [-0.2, 0) is 6.61 Å². The molecule has 0 atom stereocenters. The molecule has 0 aliphatic rings. The normalized spacial score (nSPS) is 11.3. The van der Waals surface area contributed by atoms with Crippen molar-refractivity contribution in [2.45, 2.75) is 13.5 Å². The summed E-state index contributed by atoms with van der Waals surface area (Å²) < 4.78 is 26.6. The van der Waals surface area contributed by atoms with Gasteiger partial charge in [0.05, 0.1) is 23.7 Å². The summed E-state index contributed by atoms with van der Waals surface area (Å²) >= 11 is 9.93. The molecule has 4 rings (SSSR count). The molecule has 34 heavy (non-hydrogen) atoms. The fourth-order valence-corrected chi connectivity index (χ4v) is 3.89. The van der Waals surface area contributed by atoms with Crippen molar-refractivity contribution < 1.29 is 13.9 Å². The van der Waals surface area contributed by atoms with Crippen LogP contribution in [0, 0.1) is 5.82 Å². The molecule has 0 saturated carbocycles. The first-order chi connectivity index (χ1) is 16.4. The van der Waals surface area contributed by atoms with Crippen LogP contribution in [0.15, 0.2) is 73.8 Å². The third-order valence-electron chi connectivity index (χ3n) is 4.88. The molecule has 0 saturated heterocycles. The highest BCUT2D eigenvalue weighted by molar-refractivity contribution is 9.10. The van der Waals surface area contributed by atoms with E-state index in [9.17, 15) is 14.0 Å². The Labute approximate surface area is 206 Å². The molecule has 4 aromatic rings. The zero-order valence-electron chi connectivity index (χ0n) is 17.8. The molecule has 0 aliphatic carbocycles. The van der Waals surface area contributed by atoms with Crippen molar-refractivity contribution in [1.29, 1.82) is 0 Å². The largest absolute Gasteiger partial charge is 0.490 e. The summed E-state index contributed by atoms with van der Waals surface area (Å²) in [7, 11) is 0. The summed E-state index contributed by atoms with van der Waals surface area (Å²) in [5.74, 6) is 0.121. The number of nitrogens with one attached hydrogen (secondary N) is 1. The fourth-order valence-electron chi connectivity index (χ4n) is 3.24. The van der Waals surface area contributed by atoms with Gasteiger partial charge in [0.25, 0.3) is 5.56 Å². The number of hydrogen-bond donors (Lipinski definition) is 1. The third-order valence-corrected chi connectivity index (χ3v) is 6.32. The van der Waals surface area contributed by atoms with Gasteiger partial charge in [-0.15, -0.1) is 4.68 Å². The fraction of sp³-hybridized carbons (Fsp3) is 0.125. The summed E-state index contributed by atoms with van der Waals surface area (Å²) in [6.07, 6.45) is 1.31. The zero-order valence-corrected chi connectivity index (χ0v) is 20.2. The highest BCUT2D eigenvalue weighted by Gasteiger charge is 2.18. The number of benzene rings is 3. The molecule has 0 fully saturated rings. The van der Waals surface area contributed by atoms with E-state index in [-0.39, 0.29) is 17.4 Å². The predicted molar refractivity (Wildman–Crippen MR) is 133 cm³/mol. The molecule has 1 aromatic heterocycles. The van der Waals surface area contributed by atoms with Crippen LogP contribution in [-0.4, -0.2) is 22.5 Å². The highest BCUT2D eigenvalue weighted by Crippen LogP contribution is 2.42. The van der Waals surface area contributed by atoms with Gasteiger partial charge < -0.3 is 14.5 Å². The molecule has 1 heterocycles. The summed E-state index contributed by atoms with van der Waals surface area (Å²) in [5.41, 5.74) is -0.0308. The quantitative estimate of drug-likeness (QED) is 0.327. The van der Waals surface area contributed by atoms with Gasteiger partial charge in [-0.2, -0.15) is 5.10 Å². The summed E-state index contributed by atoms with van der Waals surface area (Å²) in [6, 6.07) is 14.5. The first-order valence-corrected chi connectivity index (χ1v) is 11.4. The Balaban J connectivity index is 1.72. The molecule has 0 bridgehead atoms. The molecule has 0 amide bonds. The summed E-state index contributed by atoms with van der Waals surface area (Å²) in [6.45, 7) is 2.04. The molecule has 7 nitrogen and oxygen atoms in total. The first-order valence-electron chi connectivity index (χ1n) is 10.2. The number of halogens is 3. The SMILES string of the molecule is CCOc1cc(C=Nn2c(=O)[nH]c3ccccc3c2=O)c(Br)c(Cl)c1OCc1ccccc1F. The minimum absolute atomic E-state index is 0.0613. The lowest BCUT2D eigenvalue weighted by Gasteiger charge is -2.16. The molecule has 174 valence electrons. The van der Waals surface area contributed by atoms with Crippen LogP contribution in [0.4, 0.5) is 4.39 Å². The Hall–Kier alpha value is -3.43. The minimum Gasteiger partial charge on any atom is -0.490 e. The predicted octanol–water partition coefficient (Wildman–Crippen LogP) is 5.10. The Kier molecular flexibility index (Phi) is 7.14. The monoisotopic (exact) mass is 545 g/mol. The molecule has 0 aliphatic heterocycles. The van der Waals surface area contributed by atoms with Crippen molar-refractivity contribution in [3.63, 3.8) is 0 Å². The van der Waals surface area contributed by atoms with Crippen LogP contribution in [0.3, 0.4) is 0 Å². The molecule has 0 unspecified atom stereocenters. The van der Waals surface area contributed by atoms with E-state index in [0.717, 1.165) is 4.68 Å². The van der Waals surface area contributed by atoms with E-state index in [4.69, 9.17) is 21.1 Å². The third kappa shape index (κ3) is 4.76. The lowest BCUT2D eigenvalue weighted by atomic mass is 10.2. The van der Waals surface area contributed by atoms with Gasteiger partial charge in [0.2, 0.25) is 0 Å². The Morgan fingerprint density at radius 3 is 2.65 bits per heavy atom. The zero-order chi connectivity index (χ0) is 24.2. The standard InChI is InChI=1S/C24H18BrClFN3O4/c1-2-33-19-11-15(12-28-30-23(31)16-8-4-6-10-18(16)29-24(30)32)20(25)21(26)22(19)34-13-14-7-3-5-9-17(14)27/h3-12H,2,13H2,1H3,(H,29,32). The van der Waals surface area contributed by atoms with Gasteiger partial charge in [-0.1, -0.05) is 41.9 Å². The van der Waals surface area contributed by atoms with Crippen LogP contribution in [0.2, 0.25) is 5.02 Å². The van der Waals surface area contributed by atoms with Gasteiger partial charge in [-0.3, -0.25) is 4.79 Å². The van der Waals surface area contributed by atoms with Crippen molar-refractivity contribution in [3.8, 4) is 11.5 Å². The number of hydrogen-bond acceptors (Lipinski definition) is 5. The average Bonchev–Trinajstić information content (AvgIpc) is 2.83. The van der Waals surface area contributed by atoms with Crippen molar-refractivity contribution in [2.24, 2.45) is 5.10 Å². The Morgan fingerprint density at radius 1 is 1.15 bits per heavy atom. The topological polar surface area (TPSA) is 85.7 Å². The van der Waals surface area contributed by atoms with E-state index in [1.165, 1.54) is 12.3 Å². The maximum atomic E-state index is 14.0. The molecule has 1 N–H and O–H groups in total. The summed E-state index contributed by atoms with van der Waals surface area (Å²) in [4.78, 5) is 27.7. The Bertz CT molecular complexity index is 1520. The number of aromatic amines is 1. The van der Waals surface area contributed by atoms with Crippen molar-refractivity contribution in [3.05, 3.63) is 102 Å². The van der Waals surface area contributed by atoms with E-state index >= 15 is 0 Å². The lowest BCUT2D eigenvalue weighted by Crippen LogP contribution is -2.32. The number of nitrogens with zero attached hydrogens (tertiary/aromatic N) is 2. The van der Waals surface area contributed by atoms with Gasteiger partial charge in [-0.05, 0) is 47.1 Å². The van der Waals surface area contributed by atoms with Crippen molar-refractivity contribution in [1.82, 2.24) is 9.66 Å². The van der Waals surface area contributed by atoms with Crippen molar-refractivity contribution in [2.75, 3.05) is 6.61 Å². The number of fused-ring (bicyclic) bond motifs is 1. The van der Waals surface area contributed by atoms with E-state index < -0.39 is 17.1 Å². The summed E-state index contributed by atoms with van der Waals surface area (Å²) in [5, 5.41) is 4.56. The highest BCUT2D eigenvalue weighted by atomic mass is 79.9. The molecule has 0 radical (unpaired) electrons. The van der Waals surface area contributed by atoms with E-state index in [2.05, 4.69) is 26.0 Å². The van der Waals surface area contributed by atoms with Crippen LogP contribution in [0.25, 0.3) is 10.9 Å². The van der Waals surface area contributed by atoms with Gasteiger partial charge in [0.1, 0.15) is 17.4 Å². The maximum absolute atomic E-state index is 14.0. The van der Waals surface area contributed by atoms with Gasteiger partial charge in [0.15, 0.2) is 11.5 Å². The number of rotatable bonds is 7. The second kappa shape index (κ2) is 10.2. The Morgan fingerprint density at radius 2 is 1.88 bits per heavy atom. The number of ether oxygens (including phenoxy) is 2. The smallest absolute Gasteiger partial charge is 0.349 e. The van der Waals surface area contributed by atoms with E-state index in [1.54, 1.807) is 55.5 Å². The minimum atomic E-state index is -0.683. The second-order valence-corrected chi connectivity index (χ2v) is 8.24. The number of H-pyrrole nitrogens is 1. The lowest BCUT2D eigenvalue weighted by molar-refractivity contribution is 0.266. The van der Waals surface area contributed by atoms with E-state index in [0.29, 0.717) is 38.9 Å². The van der Waals surface area contributed by atoms with Crippen LogP contribution >= 0.6 is 27.5 Å². The van der Waals surface area contributed by atoms with E-state index in [1.807, 2.05) is 0 Å². The first kappa shape index (κ1) is 23.7. The van der Waals surface area contributed by atoms with Gasteiger partial charge in [0, 0.05) is 15.6 Å². The van der Waals surface area contributed by atoms with Crippen molar-refractivity contribution >= 4 is 44.6 Å². The number of aromatic nitrogens is 2.